The first-order valence-corrected chi connectivity index (χ1v) is 7.98. The minimum absolute atomic E-state index is 0.327. The molecule has 5 nitrogen and oxygen atoms in total. The summed E-state index contributed by atoms with van der Waals surface area (Å²) in [4.78, 5) is 11.4. The molecule has 1 fully saturated rings. The smallest absolute Gasteiger partial charge is 0.331 e. The molecule has 1 heterocycles. The second-order valence-corrected chi connectivity index (χ2v) is 6.54. The molecule has 6 heteroatoms. The van der Waals surface area contributed by atoms with Crippen molar-refractivity contribution in [1.82, 2.24) is 4.31 Å². The van der Waals surface area contributed by atoms with Gasteiger partial charge in [-0.1, -0.05) is 6.42 Å². The highest BCUT2D eigenvalue weighted by Gasteiger charge is 2.21. The highest BCUT2D eigenvalue weighted by molar-refractivity contribution is 7.90. The van der Waals surface area contributed by atoms with Crippen molar-refractivity contribution in [2.75, 3.05) is 26.0 Å². The van der Waals surface area contributed by atoms with Gasteiger partial charge < -0.3 is 4.74 Å². The second-order valence-electron chi connectivity index (χ2n) is 4.29. The Kier molecular flexibility index (Phi) is 5.39. The predicted octanol–water partition coefficient (Wildman–Crippen LogP) is 1.44. The number of ether oxygens (including phenoxy) is 1. The Hall–Kier alpha value is -0.620. The third kappa shape index (κ3) is 4.27. The Bertz CT molecular complexity index is 369. The van der Waals surface area contributed by atoms with Crippen molar-refractivity contribution in [2.45, 2.75) is 39.2 Å². The van der Waals surface area contributed by atoms with Gasteiger partial charge in [0.15, 0.2) is 6.04 Å². The summed E-state index contributed by atoms with van der Waals surface area (Å²) in [6.45, 7) is 5.31. The van der Waals surface area contributed by atoms with Crippen LogP contribution in [-0.2, 0) is 19.4 Å². The van der Waals surface area contributed by atoms with Gasteiger partial charge in [0.05, 0.1) is 6.61 Å². The van der Waals surface area contributed by atoms with E-state index in [4.69, 9.17) is 4.74 Å². The number of esters is 1. The molecule has 1 aliphatic heterocycles. The fraction of sp³-hybridized carbons (Fsp3) is 0.909. The van der Waals surface area contributed by atoms with Crippen molar-refractivity contribution in [3.8, 4) is 0 Å². The lowest BCUT2D eigenvalue weighted by atomic mass is 10.2. The molecule has 0 saturated carbocycles. The molecule has 0 aromatic carbocycles. The molecule has 1 rings (SSSR count). The Balaban J connectivity index is 2.73. The van der Waals surface area contributed by atoms with E-state index < -0.39 is 21.9 Å². The molecule has 0 aliphatic carbocycles. The van der Waals surface area contributed by atoms with Crippen molar-refractivity contribution < 1.29 is 13.7 Å². The summed E-state index contributed by atoms with van der Waals surface area (Å²) in [5.41, 5.74) is 0. The zero-order valence-corrected chi connectivity index (χ0v) is 11.7. The van der Waals surface area contributed by atoms with E-state index in [9.17, 15) is 9.00 Å². The number of hydrogen-bond donors (Lipinski definition) is 0. The van der Waals surface area contributed by atoms with E-state index in [1.807, 2.05) is 4.31 Å². The van der Waals surface area contributed by atoms with Crippen LogP contribution in [0.15, 0.2) is 4.36 Å². The number of hydrogen-bond acceptors (Lipinski definition) is 4. The highest BCUT2D eigenvalue weighted by Crippen LogP contribution is 2.14. The predicted molar refractivity (Wildman–Crippen MR) is 68.0 cm³/mol. The molecule has 0 spiro atoms. The lowest BCUT2D eigenvalue weighted by Crippen LogP contribution is -2.36. The minimum atomic E-state index is -2.44. The molecule has 0 N–H and O–H groups in total. The topological polar surface area (TPSA) is 59.0 Å². The van der Waals surface area contributed by atoms with Gasteiger partial charge in [0.25, 0.3) is 0 Å². The summed E-state index contributed by atoms with van der Waals surface area (Å²) in [6.07, 6.45) is 4.88. The van der Waals surface area contributed by atoms with E-state index >= 15 is 0 Å². The van der Waals surface area contributed by atoms with Crippen LogP contribution in [0.25, 0.3) is 0 Å². The van der Waals surface area contributed by atoms with Crippen LogP contribution in [0.1, 0.15) is 33.1 Å². The molecule has 0 bridgehead atoms. The molecule has 2 unspecified atom stereocenters. The van der Waals surface area contributed by atoms with E-state index in [0.717, 1.165) is 25.9 Å². The SMILES string of the molecule is CCOC(=O)C(C)N=S(C)(=O)N1CCCCC1. The van der Waals surface area contributed by atoms with Crippen LogP contribution in [0.5, 0.6) is 0 Å². The Morgan fingerprint density at radius 1 is 1.41 bits per heavy atom. The third-order valence-corrected chi connectivity index (χ3v) is 4.81. The van der Waals surface area contributed by atoms with Crippen LogP contribution >= 0.6 is 0 Å². The largest absolute Gasteiger partial charge is 0.464 e. The van der Waals surface area contributed by atoms with E-state index in [1.54, 1.807) is 20.1 Å². The third-order valence-electron chi connectivity index (χ3n) is 2.78. The van der Waals surface area contributed by atoms with E-state index in [1.165, 1.54) is 6.42 Å². The minimum Gasteiger partial charge on any atom is -0.464 e. The average molecular weight is 262 g/mol. The molecule has 0 amide bonds. The summed E-state index contributed by atoms with van der Waals surface area (Å²) in [6, 6.07) is -0.658. The molecule has 0 aromatic rings. The van der Waals surface area contributed by atoms with Gasteiger partial charge in [-0.15, -0.1) is 0 Å². The van der Waals surface area contributed by atoms with E-state index in [-0.39, 0.29) is 0 Å². The summed E-state index contributed by atoms with van der Waals surface area (Å²) < 4.78 is 23.3. The molecule has 0 radical (unpaired) electrons. The van der Waals surface area contributed by atoms with Gasteiger partial charge in [-0.05, 0) is 26.7 Å². The zero-order chi connectivity index (χ0) is 12.9. The molecule has 2 atom stereocenters. The fourth-order valence-electron chi connectivity index (χ4n) is 1.87. The van der Waals surface area contributed by atoms with Gasteiger partial charge in [-0.3, -0.25) is 0 Å². The molecule has 100 valence electrons. The maximum Gasteiger partial charge on any atom is 0.331 e. The summed E-state index contributed by atoms with van der Waals surface area (Å²) in [5, 5.41) is 0. The number of piperidine rings is 1. The van der Waals surface area contributed by atoms with Crippen LogP contribution in [0, 0.1) is 0 Å². The number of carbonyl (C=O) groups is 1. The molecule has 1 aliphatic rings. The van der Waals surface area contributed by atoms with Crippen LogP contribution < -0.4 is 0 Å². The molecule has 17 heavy (non-hydrogen) atoms. The molecular weight excluding hydrogens is 240 g/mol. The summed E-state index contributed by atoms with van der Waals surface area (Å²) >= 11 is 0. The Morgan fingerprint density at radius 3 is 2.53 bits per heavy atom. The maximum atomic E-state index is 12.4. The van der Waals surface area contributed by atoms with E-state index in [2.05, 4.69) is 4.36 Å². The van der Waals surface area contributed by atoms with Crippen molar-refractivity contribution in [3.05, 3.63) is 0 Å². The first-order chi connectivity index (χ1) is 7.97. The monoisotopic (exact) mass is 262 g/mol. The van der Waals surface area contributed by atoms with Crippen LogP contribution in [0.3, 0.4) is 0 Å². The molecule has 1 saturated heterocycles. The van der Waals surface area contributed by atoms with Crippen molar-refractivity contribution in [3.63, 3.8) is 0 Å². The van der Waals surface area contributed by atoms with Gasteiger partial charge in [-0.25, -0.2) is 17.7 Å². The average Bonchev–Trinajstić information content (AvgIpc) is 2.30. The van der Waals surface area contributed by atoms with Crippen molar-refractivity contribution >= 4 is 15.9 Å². The van der Waals surface area contributed by atoms with Gasteiger partial charge in [0.1, 0.15) is 9.92 Å². The van der Waals surface area contributed by atoms with Gasteiger partial charge in [0, 0.05) is 19.3 Å². The number of nitrogens with zero attached hydrogens (tertiary/aromatic N) is 2. The van der Waals surface area contributed by atoms with Gasteiger partial charge >= 0.3 is 5.97 Å². The standard InChI is InChI=1S/C11H22N2O3S/c1-4-16-11(14)10(2)12-17(3,15)13-8-6-5-7-9-13/h10H,4-9H2,1-3H3. The fourth-order valence-corrected chi connectivity index (χ4v) is 3.61. The first kappa shape index (κ1) is 14.4. The molecular formula is C11H22N2O3S. The van der Waals surface area contributed by atoms with Gasteiger partial charge in [0.2, 0.25) is 0 Å². The van der Waals surface area contributed by atoms with Crippen LogP contribution in [0.4, 0.5) is 0 Å². The Morgan fingerprint density at radius 2 is 2.00 bits per heavy atom. The number of carbonyl (C=O) groups excluding carboxylic acids is 1. The summed E-state index contributed by atoms with van der Waals surface area (Å²) in [5.74, 6) is -0.404. The molecule has 0 aromatic heterocycles. The lowest BCUT2D eigenvalue weighted by Gasteiger charge is -2.27. The zero-order valence-electron chi connectivity index (χ0n) is 10.8. The number of rotatable bonds is 4. The summed E-state index contributed by atoms with van der Waals surface area (Å²) in [7, 11) is -2.44. The maximum absolute atomic E-state index is 12.4. The first-order valence-electron chi connectivity index (χ1n) is 6.10. The highest BCUT2D eigenvalue weighted by atomic mass is 32.2. The second kappa shape index (κ2) is 6.35. The van der Waals surface area contributed by atoms with Crippen LogP contribution in [-0.4, -0.2) is 46.5 Å². The van der Waals surface area contributed by atoms with Crippen LogP contribution in [0.2, 0.25) is 0 Å². The van der Waals surface area contributed by atoms with Crippen molar-refractivity contribution in [2.24, 2.45) is 4.36 Å². The quantitative estimate of drug-likeness (QED) is 0.720. The van der Waals surface area contributed by atoms with E-state index in [0.29, 0.717) is 6.61 Å². The van der Waals surface area contributed by atoms with Gasteiger partial charge in [-0.2, -0.15) is 0 Å². The Labute approximate surface area is 104 Å². The normalized spacial score (nSPS) is 22.5. The van der Waals surface area contributed by atoms with Crippen molar-refractivity contribution in [1.29, 1.82) is 0 Å². The lowest BCUT2D eigenvalue weighted by molar-refractivity contribution is -0.144.